The average molecular weight is 326 g/mol. The predicted octanol–water partition coefficient (Wildman–Crippen LogP) is -0.321. The van der Waals surface area contributed by atoms with E-state index >= 15 is 0 Å². The van der Waals surface area contributed by atoms with Crippen molar-refractivity contribution in [3.05, 3.63) is 27.5 Å². The lowest BCUT2D eigenvalue weighted by atomic mass is 9.98. The lowest BCUT2D eigenvalue weighted by Crippen LogP contribution is -2.56. The maximum atomic E-state index is 10.2. The van der Waals surface area contributed by atoms with Crippen molar-refractivity contribution in [1.82, 2.24) is 4.57 Å². The van der Waals surface area contributed by atoms with Crippen LogP contribution in [0.3, 0.4) is 0 Å². The third kappa shape index (κ3) is 2.67. The van der Waals surface area contributed by atoms with Gasteiger partial charge in [-0.25, -0.2) is 0 Å². The zero-order chi connectivity index (χ0) is 16.6. The molecule has 4 N–H and O–H groups in total. The van der Waals surface area contributed by atoms with Crippen molar-refractivity contribution in [2.24, 2.45) is 0 Å². The molecule has 2 rings (SSSR count). The highest BCUT2D eigenvalue weighted by Crippen LogP contribution is 2.30. The zero-order valence-electron chi connectivity index (χ0n) is 12.2. The Kier molecular flexibility index (Phi) is 4.97. The van der Waals surface area contributed by atoms with Crippen LogP contribution in [0.2, 0.25) is 0 Å². The average Bonchev–Trinajstić information content (AvgIpc) is 2.47. The molecular weight excluding hydrogens is 308 g/mol. The molecule has 120 valence electrons. The van der Waals surface area contributed by atoms with Gasteiger partial charge in [0.1, 0.15) is 35.1 Å². The van der Waals surface area contributed by atoms with E-state index in [-0.39, 0.29) is 10.2 Å². The fourth-order valence-electron chi connectivity index (χ4n) is 2.65. The van der Waals surface area contributed by atoms with E-state index in [9.17, 15) is 25.7 Å². The van der Waals surface area contributed by atoms with Crippen LogP contribution >= 0.6 is 12.2 Å². The molecule has 2 heterocycles. The first-order valence-electron chi connectivity index (χ1n) is 6.76. The molecule has 1 aliphatic heterocycles. The number of hydrogen-bond donors (Lipinski definition) is 4. The van der Waals surface area contributed by atoms with E-state index in [1.54, 1.807) is 19.9 Å². The molecule has 22 heavy (non-hydrogen) atoms. The van der Waals surface area contributed by atoms with Gasteiger partial charge in [0, 0.05) is 5.69 Å². The maximum absolute atomic E-state index is 10.2. The Morgan fingerprint density at radius 3 is 2.45 bits per heavy atom. The van der Waals surface area contributed by atoms with Crippen LogP contribution in [0.1, 0.15) is 23.0 Å². The Morgan fingerprint density at radius 1 is 1.27 bits per heavy atom. The van der Waals surface area contributed by atoms with E-state index in [1.165, 1.54) is 4.57 Å². The number of aromatic nitrogens is 1. The van der Waals surface area contributed by atoms with Crippen molar-refractivity contribution < 1.29 is 25.2 Å². The number of hydrogen-bond acceptors (Lipinski definition) is 7. The monoisotopic (exact) mass is 326 g/mol. The minimum absolute atomic E-state index is 0.171. The second-order valence-electron chi connectivity index (χ2n) is 5.35. The first kappa shape index (κ1) is 17.0. The van der Waals surface area contributed by atoms with Gasteiger partial charge in [-0.1, -0.05) is 12.2 Å². The first-order chi connectivity index (χ1) is 10.3. The van der Waals surface area contributed by atoms with E-state index in [0.717, 1.165) is 0 Å². The molecule has 7 nitrogen and oxygen atoms in total. The number of aliphatic hydroxyl groups excluding tert-OH is 4. The third-order valence-electron chi connectivity index (χ3n) is 3.87. The van der Waals surface area contributed by atoms with Crippen LogP contribution < -0.4 is 0 Å². The van der Waals surface area contributed by atoms with Gasteiger partial charge in [-0.3, -0.25) is 0 Å². The predicted molar refractivity (Wildman–Crippen MR) is 78.5 cm³/mol. The summed E-state index contributed by atoms with van der Waals surface area (Å²) in [5.41, 5.74) is 1.61. The summed E-state index contributed by atoms with van der Waals surface area (Å²) in [6.07, 6.45) is -6.51. The van der Waals surface area contributed by atoms with E-state index in [1.807, 2.05) is 6.07 Å². The summed E-state index contributed by atoms with van der Waals surface area (Å²) in [6.45, 7) is 2.95. The van der Waals surface area contributed by atoms with E-state index < -0.39 is 37.3 Å². The molecule has 0 radical (unpaired) electrons. The smallest absolute Gasteiger partial charge is 0.164 e. The normalized spacial score (nSPS) is 31.8. The van der Waals surface area contributed by atoms with Gasteiger partial charge in [0.05, 0.1) is 12.2 Å². The first-order valence-corrected chi connectivity index (χ1v) is 7.17. The van der Waals surface area contributed by atoms with Crippen LogP contribution in [0.5, 0.6) is 0 Å². The summed E-state index contributed by atoms with van der Waals surface area (Å²) in [5, 5.41) is 48.4. The van der Waals surface area contributed by atoms with E-state index in [4.69, 9.17) is 17.0 Å². The number of pyridine rings is 1. The van der Waals surface area contributed by atoms with Gasteiger partial charge in [0.25, 0.3) is 0 Å². The standard InChI is InChI=1S/C14H18N2O5S/c1-6-3-7(2)16(14(22)8(6)4-15)13-12(20)11(19)10(18)9(5-17)21-13/h3,9-13,17-20H,5H2,1-2H3/t9-,10+,11+,12-,13+/m0/s1. The molecule has 8 heteroatoms. The fourth-order valence-corrected chi connectivity index (χ4v) is 3.11. The molecule has 0 unspecified atom stereocenters. The molecule has 1 fully saturated rings. The summed E-state index contributed by atoms with van der Waals surface area (Å²) in [4.78, 5) is 0. The Morgan fingerprint density at radius 2 is 1.91 bits per heavy atom. The second kappa shape index (κ2) is 6.42. The van der Waals surface area contributed by atoms with Crippen molar-refractivity contribution in [3.63, 3.8) is 0 Å². The van der Waals surface area contributed by atoms with Crippen molar-refractivity contribution >= 4 is 12.2 Å². The van der Waals surface area contributed by atoms with Gasteiger partial charge in [-0.05, 0) is 25.5 Å². The van der Waals surface area contributed by atoms with Crippen molar-refractivity contribution in [1.29, 1.82) is 5.26 Å². The molecule has 0 spiro atoms. The molecule has 1 aliphatic rings. The summed E-state index contributed by atoms with van der Waals surface area (Å²) in [7, 11) is 0. The number of ether oxygens (including phenoxy) is 1. The van der Waals surface area contributed by atoms with Crippen LogP contribution in [0.15, 0.2) is 6.07 Å². The largest absolute Gasteiger partial charge is 0.394 e. The fraction of sp³-hybridized carbons (Fsp3) is 0.571. The SMILES string of the molecule is Cc1cc(C)n([C@@H]2O[C@@H](CO)[C@@H](O)[C@@H](O)[C@@H]2O)c(=S)c1C#N. The Balaban J connectivity index is 2.56. The summed E-state index contributed by atoms with van der Waals surface area (Å²) >= 11 is 5.29. The summed E-state index contributed by atoms with van der Waals surface area (Å²) in [6, 6.07) is 3.72. The Hall–Kier alpha value is -1.34. The molecule has 0 amide bonds. The van der Waals surface area contributed by atoms with Gasteiger partial charge in [-0.2, -0.15) is 5.26 Å². The number of nitriles is 1. The molecular formula is C14H18N2O5S. The summed E-state index contributed by atoms with van der Waals surface area (Å²) in [5.74, 6) is 0. The molecule has 1 aromatic heterocycles. The lowest BCUT2D eigenvalue weighted by Gasteiger charge is -2.41. The van der Waals surface area contributed by atoms with Gasteiger partial charge < -0.3 is 29.7 Å². The lowest BCUT2D eigenvalue weighted by molar-refractivity contribution is -0.252. The molecule has 0 aromatic carbocycles. The van der Waals surface area contributed by atoms with E-state index in [0.29, 0.717) is 11.3 Å². The zero-order valence-corrected chi connectivity index (χ0v) is 13.0. The minimum atomic E-state index is -1.50. The van der Waals surface area contributed by atoms with Gasteiger partial charge >= 0.3 is 0 Å². The van der Waals surface area contributed by atoms with Crippen LogP contribution in [-0.2, 0) is 4.74 Å². The summed E-state index contributed by atoms with van der Waals surface area (Å²) < 4.78 is 7.09. The third-order valence-corrected chi connectivity index (χ3v) is 4.27. The molecule has 0 saturated carbocycles. The Labute approximate surface area is 132 Å². The molecule has 1 saturated heterocycles. The number of nitrogens with zero attached hydrogens (tertiary/aromatic N) is 2. The minimum Gasteiger partial charge on any atom is -0.394 e. The van der Waals surface area contributed by atoms with Gasteiger partial charge in [0.15, 0.2) is 6.23 Å². The highest BCUT2D eigenvalue weighted by Gasteiger charge is 2.44. The van der Waals surface area contributed by atoms with Crippen LogP contribution in [0.25, 0.3) is 0 Å². The van der Waals surface area contributed by atoms with Crippen molar-refractivity contribution in [2.75, 3.05) is 6.61 Å². The number of aryl methyl sites for hydroxylation is 2. The quantitative estimate of drug-likeness (QED) is 0.550. The van der Waals surface area contributed by atoms with Crippen molar-refractivity contribution in [2.45, 2.75) is 44.5 Å². The van der Waals surface area contributed by atoms with Crippen LogP contribution in [0.4, 0.5) is 0 Å². The maximum Gasteiger partial charge on any atom is 0.164 e. The molecule has 0 aliphatic carbocycles. The Bertz CT molecular complexity index is 666. The highest BCUT2D eigenvalue weighted by atomic mass is 32.1. The second-order valence-corrected chi connectivity index (χ2v) is 5.74. The molecule has 5 atom stereocenters. The molecule has 1 aromatic rings. The topological polar surface area (TPSA) is 119 Å². The number of aliphatic hydroxyl groups is 4. The highest BCUT2D eigenvalue weighted by molar-refractivity contribution is 7.71. The van der Waals surface area contributed by atoms with Gasteiger partial charge in [0.2, 0.25) is 0 Å². The number of rotatable bonds is 2. The molecule has 0 bridgehead atoms. The van der Waals surface area contributed by atoms with E-state index in [2.05, 4.69) is 0 Å². The van der Waals surface area contributed by atoms with Gasteiger partial charge in [-0.15, -0.1) is 0 Å². The van der Waals surface area contributed by atoms with Crippen LogP contribution in [0, 0.1) is 29.8 Å². The van der Waals surface area contributed by atoms with Crippen LogP contribution in [-0.4, -0.2) is 56.0 Å². The van der Waals surface area contributed by atoms with Crippen molar-refractivity contribution in [3.8, 4) is 6.07 Å².